The van der Waals surface area contributed by atoms with Crippen molar-refractivity contribution in [3.8, 4) is 0 Å². The maximum Gasteiger partial charge on any atom is 0.405 e. The zero-order valence-electron chi connectivity index (χ0n) is 8.75. The van der Waals surface area contributed by atoms with Crippen molar-refractivity contribution in [3.05, 3.63) is 35.4 Å². The van der Waals surface area contributed by atoms with Crippen LogP contribution in [0.4, 0.5) is 13.2 Å². The second-order valence-electron chi connectivity index (χ2n) is 3.20. The molecule has 0 fully saturated rings. The highest BCUT2D eigenvalue weighted by Crippen LogP contribution is 2.12. The summed E-state index contributed by atoms with van der Waals surface area (Å²) in [5.74, 6) is -0.749. The first kappa shape index (κ1) is 15.7. The van der Waals surface area contributed by atoms with Gasteiger partial charge in [-0.15, -0.1) is 12.4 Å². The number of benzene rings is 1. The van der Waals surface area contributed by atoms with Gasteiger partial charge in [-0.2, -0.15) is 13.2 Å². The summed E-state index contributed by atoms with van der Waals surface area (Å²) in [4.78, 5) is 11.2. The van der Waals surface area contributed by atoms with E-state index in [0.717, 1.165) is 5.56 Å². The predicted molar refractivity (Wildman–Crippen MR) is 60.0 cm³/mol. The van der Waals surface area contributed by atoms with Crippen molar-refractivity contribution in [1.82, 2.24) is 5.32 Å². The molecule has 96 valence electrons. The van der Waals surface area contributed by atoms with Crippen molar-refractivity contribution >= 4 is 18.3 Å². The molecule has 0 saturated heterocycles. The van der Waals surface area contributed by atoms with Crippen molar-refractivity contribution in [2.24, 2.45) is 5.73 Å². The normalized spacial score (nSPS) is 10.6. The van der Waals surface area contributed by atoms with E-state index in [1.807, 2.05) is 0 Å². The van der Waals surface area contributed by atoms with Crippen molar-refractivity contribution in [3.63, 3.8) is 0 Å². The smallest absolute Gasteiger partial charge is 0.343 e. The third kappa shape index (κ3) is 5.55. The van der Waals surface area contributed by atoms with Gasteiger partial charge in [-0.25, -0.2) is 0 Å². The minimum Gasteiger partial charge on any atom is -0.343 e. The van der Waals surface area contributed by atoms with Crippen LogP contribution in [0.3, 0.4) is 0 Å². The van der Waals surface area contributed by atoms with Gasteiger partial charge in [0.25, 0.3) is 5.91 Å². The van der Waals surface area contributed by atoms with Crippen molar-refractivity contribution in [1.29, 1.82) is 0 Å². The fourth-order valence-corrected chi connectivity index (χ4v) is 1.07. The van der Waals surface area contributed by atoms with Crippen molar-refractivity contribution in [2.75, 3.05) is 6.54 Å². The van der Waals surface area contributed by atoms with E-state index in [-0.39, 0.29) is 18.0 Å². The summed E-state index contributed by atoms with van der Waals surface area (Å²) in [6, 6.07) is 6.08. The van der Waals surface area contributed by atoms with Gasteiger partial charge in [0.15, 0.2) is 0 Å². The first-order chi connectivity index (χ1) is 7.42. The van der Waals surface area contributed by atoms with Gasteiger partial charge in [0.05, 0.1) is 0 Å². The van der Waals surface area contributed by atoms with E-state index in [9.17, 15) is 18.0 Å². The Bertz CT molecular complexity index is 365. The van der Waals surface area contributed by atoms with E-state index in [1.165, 1.54) is 12.1 Å². The molecule has 3 nitrogen and oxygen atoms in total. The van der Waals surface area contributed by atoms with Crippen LogP contribution in [-0.4, -0.2) is 18.6 Å². The summed E-state index contributed by atoms with van der Waals surface area (Å²) in [5.41, 5.74) is 6.34. The first-order valence-corrected chi connectivity index (χ1v) is 4.56. The molecule has 1 aromatic rings. The Morgan fingerprint density at radius 1 is 1.24 bits per heavy atom. The Balaban J connectivity index is 0.00000256. The lowest BCUT2D eigenvalue weighted by atomic mass is 10.1. The van der Waals surface area contributed by atoms with Crippen LogP contribution >= 0.6 is 12.4 Å². The van der Waals surface area contributed by atoms with Crippen molar-refractivity contribution in [2.45, 2.75) is 12.7 Å². The van der Waals surface area contributed by atoms with Crippen LogP contribution in [-0.2, 0) is 6.54 Å². The molecule has 1 amide bonds. The number of carbonyl (C=O) groups is 1. The van der Waals surface area contributed by atoms with Crippen LogP contribution in [0.5, 0.6) is 0 Å². The molecular formula is C10H12ClF3N2O. The molecule has 0 bridgehead atoms. The Morgan fingerprint density at radius 2 is 1.76 bits per heavy atom. The molecule has 0 aliphatic carbocycles. The van der Waals surface area contributed by atoms with E-state index in [2.05, 4.69) is 0 Å². The van der Waals surface area contributed by atoms with Gasteiger partial charge >= 0.3 is 6.18 Å². The minimum absolute atomic E-state index is 0. The highest BCUT2D eigenvalue weighted by molar-refractivity contribution is 5.94. The summed E-state index contributed by atoms with van der Waals surface area (Å²) in [7, 11) is 0. The van der Waals surface area contributed by atoms with Crippen LogP contribution in [0.2, 0.25) is 0 Å². The third-order valence-electron chi connectivity index (χ3n) is 1.90. The number of halogens is 4. The molecule has 0 spiro atoms. The van der Waals surface area contributed by atoms with E-state index < -0.39 is 18.6 Å². The van der Waals surface area contributed by atoms with Crippen LogP contribution in [0, 0.1) is 0 Å². The molecular weight excluding hydrogens is 257 g/mol. The van der Waals surface area contributed by atoms with E-state index in [1.54, 1.807) is 17.4 Å². The van der Waals surface area contributed by atoms with Gasteiger partial charge in [0.2, 0.25) is 0 Å². The standard InChI is InChI=1S/C10H11F3N2O.ClH/c11-10(12,13)6-15-9(16)8-3-1-7(5-14)2-4-8;/h1-4H,5-6,14H2,(H,15,16);1H. The average molecular weight is 269 g/mol. The fourth-order valence-electron chi connectivity index (χ4n) is 1.07. The zero-order valence-corrected chi connectivity index (χ0v) is 9.57. The van der Waals surface area contributed by atoms with Crippen LogP contribution in [0.15, 0.2) is 24.3 Å². The Hall–Kier alpha value is -1.27. The number of carbonyl (C=O) groups excluding carboxylic acids is 1. The molecule has 0 aromatic heterocycles. The van der Waals surface area contributed by atoms with Crippen LogP contribution in [0.1, 0.15) is 15.9 Å². The maximum atomic E-state index is 11.8. The molecule has 1 rings (SSSR count). The lowest BCUT2D eigenvalue weighted by Crippen LogP contribution is -2.33. The molecule has 0 saturated carbocycles. The highest BCUT2D eigenvalue weighted by atomic mass is 35.5. The number of hydrogen-bond donors (Lipinski definition) is 2. The van der Waals surface area contributed by atoms with Gasteiger partial charge in [-0.05, 0) is 17.7 Å². The fraction of sp³-hybridized carbons (Fsp3) is 0.300. The summed E-state index contributed by atoms with van der Waals surface area (Å²) >= 11 is 0. The SMILES string of the molecule is Cl.NCc1ccc(C(=O)NCC(F)(F)F)cc1. The summed E-state index contributed by atoms with van der Waals surface area (Å²) < 4.78 is 35.5. The molecule has 17 heavy (non-hydrogen) atoms. The molecule has 0 unspecified atom stereocenters. The summed E-state index contributed by atoms with van der Waals surface area (Å²) in [6.45, 7) is -1.01. The maximum absolute atomic E-state index is 11.8. The van der Waals surface area contributed by atoms with Gasteiger partial charge in [0, 0.05) is 12.1 Å². The zero-order chi connectivity index (χ0) is 12.2. The minimum atomic E-state index is -4.40. The first-order valence-electron chi connectivity index (χ1n) is 4.56. The van der Waals surface area contributed by atoms with Gasteiger partial charge in [0.1, 0.15) is 6.54 Å². The molecule has 0 radical (unpaired) electrons. The van der Waals surface area contributed by atoms with E-state index in [4.69, 9.17) is 5.73 Å². The van der Waals surface area contributed by atoms with Crippen LogP contribution < -0.4 is 11.1 Å². The lowest BCUT2D eigenvalue weighted by Gasteiger charge is -2.08. The van der Waals surface area contributed by atoms with E-state index >= 15 is 0 Å². The molecule has 0 heterocycles. The highest BCUT2D eigenvalue weighted by Gasteiger charge is 2.27. The van der Waals surface area contributed by atoms with Gasteiger partial charge in [-0.1, -0.05) is 12.1 Å². The van der Waals surface area contributed by atoms with Gasteiger partial charge < -0.3 is 11.1 Å². The number of nitrogens with one attached hydrogen (secondary N) is 1. The van der Waals surface area contributed by atoms with E-state index in [0.29, 0.717) is 6.54 Å². The number of alkyl halides is 3. The molecule has 7 heteroatoms. The predicted octanol–water partition coefficient (Wildman–Crippen LogP) is 1.86. The number of rotatable bonds is 3. The number of nitrogens with two attached hydrogens (primary N) is 1. The molecule has 0 aliphatic heterocycles. The van der Waals surface area contributed by atoms with Crippen molar-refractivity contribution < 1.29 is 18.0 Å². The third-order valence-corrected chi connectivity index (χ3v) is 1.90. The van der Waals surface area contributed by atoms with Crippen LogP contribution in [0.25, 0.3) is 0 Å². The molecule has 0 aliphatic rings. The Morgan fingerprint density at radius 3 is 2.18 bits per heavy atom. The summed E-state index contributed by atoms with van der Waals surface area (Å²) in [6.07, 6.45) is -4.40. The quantitative estimate of drug-likeness (QED) is 0.879. The Kier molecular flexibility index (Phi) is 5.98. The molecule has 3 N–H and O–H groups in total. The second-order valence-corrected chi connectivity index (χ2v) is 3.20. The lowest BCUT2D eigenvalue weighted by molar-refractivity contribution is -0.123. The number of hydrogen-bond acceptors (Lipinski definition) is 2. The second kappa shape index (κ2) is 6.46. The van der Waals surface area contributed by atoms with Gasteiger partial charge in [-0.3, -0.25) is 4.79 Å². The Labute approximate surface area is 103 Å². The molecule has 1 aromatic carbocycles. The monoisotopic (exact) mass is 268 g/mol. The average Bonchev–Trinajstić information content (AvgIpc) is 2.25. The number of amides is 1. The molecule has 0 atom stereocenters. The summed E-state index contributed by atoms with van der Waals surface area (Å²) in [5, 5.41) is 1.78. The topological polar surface area (TPSA) is 55.1 Å². The largest absolute Gasteiger partial charge is 0.405 e.